The van der Waals surface area contributed by atoms with E-state index in [0.717, 1.165) is 54.5 Å². The van der Waals surface area contributed by atoms with E-state index < -0.39 is 11.9 Å². The molecule has 4 N–H and O–H groups in total. The van der Waals surface area contributed by atoms with Gasteiger partial charge in [0.1, 0.15) is 6.04 Å². The van der Waals surface area contributed by atoms with Crippen LogP contribution in [0.1, 0.15) is 27.7 Å². The van der Waals surface area contributed by atoms with Gasteiger partial charge in [0.15, 0.2) is 0 Å². The molecule has 0 spiro atoms. The van der Waals surface area contributed by atoms with Crippen molar-refractivity contribution in [3.63, 3.8) is 0 Å². The number of carbonyl (C=O) groups excluding carboxylic acids is 2. The Kier molecular flexibility index (Phi) is 7.61. The summed E-state index contributed by atoms with van der Waals surface area (Å²) in [4.78, 5) is 37.1. The molecular weight excluding hydrogens is 466 g/mol. The Morgan fingerprint density at radius 1 is 0.919 bits per heavy atom. The van der Waals surface area contributed by atoms with E-state index in [9.17, 15) is 9.59 Å². The molecule has 1 saturated heterocycles. The van der Waals surface area contributed by atoms with Crippen molar-refractivity contribution in [2.45, 2.75) is 33.7 Å². The monoisotopic (exact) mass is 501 g/mol. The molecule has 9 heteroatoms. The Bertz CT molecular complexity index is 1230. The molecule has 4 rings (SSSR count). The molecule has 1 atom stereocenters. The zero-order valence-corrected chi connectivity index (χ0v) is 21.9. The van der Waals surface area contributed by atoms with E-state index in [-0.39, 0.29) is 11.3 Å². The number of nitrogens with zero attached hydrogens (tertiary/aromatic N) is 4. The summed E-state index contributed by atoms with van der Waals surface area (Å²) in [5.41, 5.74) is 9.52. The lowest BCUT2D eigenvalue weighted by Crippen LogP contribution is -2.51. The molecule has 1 aliphatic rings. The molecule has 0 radical (unpaired) electrons. The fourth-order valence-corrected chi connectivity index (χ4v) is 4.16. The number of primary amides is 1. The summed E-state index contributed by atoms with van der Waals surface area (Å²) in [6.45, 7) is 10.7. The maximum absolute atomic E-state index is 12.5. The van der Waals surface area contributed by atoms with Crippen molar-refractivity contribution < 1.29 is 9.59 Å². The number of aromatic nitrogens is 2. The molecule has 0 bridgehead atoms. The van der Waals surface area contributed by atoms with E-state index in [1.807, 2.05) is 68.1 Å². The van der Waals surface area contributed by atoms with E-state index in [4.69, 9.17) is 5.73 Å². The van der Waals surface area contributed by atoms with Gasteiger partial charge in [-0.2, -0.15) is 0 Å². The Morgan fingerprint density at radius 3 is 2.14 bits per heavy atom. The summed E-state index contributed by atoms with van der Waals surface area (Å²) in [5, 5.41) is 6.34. The number of nitrogens with one attached hydrogen (secondary N) is 2. The average Bonchev–Trinajstić information content (AvgIpc) is 2.89. The molecule has 1 aromatic heterocycles. The molecule has 1 fully saturated rings. The van der Waals surface area contributed by atoms with Gasteiger partial charge in [-0.15, -0.1) is 0 Å². The normalized spacial score (nSPS) is 14.7. The van der Waals surface area contributed by atoms with E-state index >= 15 is 0 Å². The Hall–Kier alpha value is -4.14. The molecule has 2 amide bonds. The number of rotatable bonds is 7. The van der Waals surface area contributed by atoms with Crippen molar-refractivity contribution in [1.82, 2.24) is 14.9 Å². The smallest absolute Gasteiger partial charge is 0.239 e. The first-order chi connectivity index (χ1) is 17.6. The van der Waals surface area contributed by atoms with Crippen molar-refractivity contribution in [3.05, 3.63) is 60.8 Å². The van der Waals surface area contributed by atoms with Gasteiger partial charge in [-0.05, 0) is 49.4 Å². The minimum atomic E-state index is -0.450. The fraction of sp³-hybridized carbons (Fsp3) is 0.357. The van der Waals surface area contributed by atoms with Crippen LogP contribution in [-0.2, 0) is 9.59 Å². The van der Waals surface area contributed by atoms with Crippen molar-refractivity contribution in [3.8, 4) is 11.3 Å². The third-order valence-corrected chi connectivity index (χ3v) is 6.34. The second kappa shape index (κ2) is 10.9. The maximum Gasteiger partial charge on any atom is 0.239 e. The van der Waals surface area contributed by atoms with Crippen LogP contribution in [0.2, 0.25) is 0 Å². The highest BCUT2D eigenvalue weighted by Crippen LogP contribution is 2.25. The molecule has 0 aliphatic carbocycles. The molecule has 0 saturated carbocycles. The first kappa shape index (κ1) is 25.9. The summed E-state index contributed by atoms with van der Waals surface area (Å²) < 4.78 is 0. The van der Waals surface area contributed by atoms with Gasteiger partial charge in [-0.1, -0.05) is 32.9 Å². The summed E-state index contributed by atoms with van der Waals surface area (Å²) in [6.07, 6.45) is 1.72. The molecule has 2 heterocycles. The Labute approximate surface area is 218 Å². The number of benzene rings is 2. The van der Waals surface area contributed by atoms with E-state index in [0.29, 0.717) is 5.95 Å². The van der Waals surface area contributed by atoms with Crippen LogP contribution >= 0.6 is 0 Å². The number of anilines is 4. The van der Waals surface area contributed by atoms with Crippen molar-refractivity contribution in [2.24, 2.45) is 11.1 Å². The minimum absolute atomic E-state index is 0.208. The van der Waals surface area contributed by atoms with Gasteiger partial charge in [0, 0.05) is 60.4 Å². The van der Waals surface area contributed by atoms with Gasteiger partial charge in [0.05, 0.1) is 5.69 Å². The largest absolute Gasteiger partial charge is 0.374 e. The second-order valence-electron chi connectivity index (χ2n) is 10.3. The maximum atomic E-state index is 12.5. The lowest BCUT2D eigenvalue weighted by molar-refractivity contribution is -0.139. The number of piperazine rings is 1. The molecule has 2 aromatic carbocycles. The SMILES string of the molecule is C[C@@H](Nc1ccc(-c2ccnc(Nc3ccc(N4CCN(C(=O)C(C)(C)C)CC4)cc3)n2)cc1)C(N)=O. The molecule has 0 unspecified atom stereocenters. The van der Waals surface area contributed by atoms with Gasteiger partial charge in [0.25, 0.3) is 0 Å². The number of carbonyl (C=O) groups is 2. The highest BCUT2D eigenvalue weighted by molar-refractivity contribution is 5.83. The first-order valence-corrected chi connectivity index (χ1v) is 12.5. The summed E-state index contributed by atoms with van der Waals surface area (Å²) in [6, 6.07) is 17.2. The van der Waals surface area contributed by atoms with Crippen LogP contribution in [0.4, 0.5) is 23.0 Å². The van der Waals surface area contributed by atoms with Crippen LogP contribution in [-0.4, -0.2) is 58.9 Å². The van der Waals surface area contributed by atoms with Gasteiger partial charge >= 0.3 is 0 Å². The molecule has 1 aliphatic heterocycles. The quantitative estimate of drug-likeness (QED) is 0.450. The van der Waals surface area contributed by atoms with Gasteiger partial charge in [0.2, 0.25) is 17.8 Å². The Morgan fingerprint density at radius 2 is 1.54 bits per heavy atom. The standard InChI is InChI=1S/C28H35N7O2/c1-19(25(29)36)31-21-7-5-20(6-8-21)24-13-14-30-27(33-24)32-22-9-11-23(12-10-22)34-15-17-35(18-16-34)26(37)28(2,3)4/h5-14,19,31H,15-18H2,1-4H3,(H2,29,36)(H,30,32,33)/t19-/m1/s1. The molecule has 3 aromatic rings. The summed E-state index contributed by atoms with van der Waals surface area (Å²) in [5.74, 6) is 0.308. The lowest BCUT2D eigenvalue weighted by atomic mass is 9.94. The second-order valence-corrected chi connectivity index (χ2v) is 10.3. The number of amides is 2. The highest BCUT2D eigenvalue weighted by atomic mass is 16.2. The summed E-state index contributed by atoms with van der Waals surface area (Å²) in [7, 11) is 0. The van der Waals surface area contributed by atoms with E-state index in [1.165, 1.54) is 0 Å². The van der Waals surface area contributed by atoms with Gasteiger partial charge in [-0.25, -0.2) is 9.97 Å². The zero-order chi connectivity index (χ0) is 26.6. The molecule has 194 valence electrons. The molecular formula is C28H35N7O2. The fourth-order valence-electron chi connectivity index (χ4n) is 4.16. The zero-order valence-electron chi connectivity index (χ0n) is 21.9. The third kappa shape index (κ3) is 6.55. The topological polar surface area (TPSA) is 116 Å². The van der Waals surface area contributed by atoms with Crippen LogP contribution in [0.5, 0.6) is 0 Å². The highest BCUT2D eigenvalue weighted by Gasteiger charge is 2.29. The number of nitrogens with two attached hydrogens (primary N) is 1. The lowest BCUT2D eigenvalue weighted by Gasteiger charge is -2.38. The van der Waals surface area contributed by atoms with Crippen molar-refractivity contribution >= 4 is 34.8 Å². The number of hydrogen-bond donors (Lipinski definition) is 3. The van der Waals surface area contributed by atoms with Crippen LogP contribution in [0, 0.1) is 5.41 Å². The van der Waals surface area contributed by atoms with Crippen LogP contribution in [0.3, 0.4) is 0 Å². The van der Waals surface area contributed by atoms with E-state index in [1.54, 1.807) is 13.1 Å². The minimum Gasteiger partial charge on any atom is -0.374 e. The Balaban J connectivity index is 1.36. The molecule has 9 nitrogen and oxygen atoms in total. The van der Waals surface area contributed by atoms with Crippen molar-refractivity contribution in [2.75, 3.05) is 41.7 Å². The summed E-state index contributed by atoms with van der Waals surface area (Å²) >= 11 is 0. The van der Waals surface area contributed by atoms with Gasteiger partial charge in [-0.3, -0.25) is 9.59 Å². The average molecular weight is 502 g/mol. The van der Waals surface area contributed by atoms with E-state index in [2.05, 4.69) is 37.6 Å². The van der Waals surface area contributed by atoms with Crippen LogP contribution in [0.25, 0.3) is 11.3 Å². The first-order valence-electron chi connectivity index (χ1n) is 12.5. The number of hydrogen-bond acceptors (Lipinski definition) is 7. The molecule has 37 heavy (non-hydrogen) atoms. The predicted molar refractivity (Wildman–Crippen MR) is 148 cm³/mol. The van der Waals surface area contributed by atoms with Crippen LogP contribution in [0.15, 0.2) is 60.8 Å². The van der Waals surface area contributed by atoms with Gasteiger partial charge < -0.3 is 26.2 Å². The van der Waals surface area contributed by atoms with Crippen molar-refractivity contribution in [1.29, 1.82) is 0 Å². The van der Waals surface area contributed by atoms with Crippen LogP contribution < -0.4 is 21.3 Å². The third-order valence-electron chi connectivity index (χ3n) is 6.34. The predicted octanol–water partition coefficient (Wildman–Crippen LogP) is 3.87.